The lowest BCUT2D eigenvalue weighted by Gasteiger charge is -2.16. The van der Waals surface area contributed by atoms with E-state index < -0.39 is 11.8 Å². The van der Waals surface area contributed by atoms with Crippen LogP contribution in [0.4, 0.5) is 22.7 Å². The number of hydrogen-bond donors (Lipinski definition) is 3. The third kappa shape index (κ3) is 4.73. The highest BCUT2D eigenvalue weighted by Gasteiger charge is 2.22. The van der Waals surface area contributed by atoms with Crippen LogP contribution >= 0.6 is 0 Å². The van der Waals surface area contributed by atoms with Gasteiger partial charge < -0.3 is 20.9 Å². The second-order valence-corrected chi connectivity index (χ2v) is 6.37. The minimum Gasteiger partial charge on any atom is -0.326 e. The second-order valence-electron chi connectivity index (χ2n) is 6.37. The molecule has 0 unspecified atom stereocenters. The Balaban J connectivity index is 1.60. The van der Waals surface area contributed by atoms with Gasteiger partial charge >= 0.3 is 11.8 Å². The Kier molecular flexibility index (Phi) is 5.69. The van der Waals surface area contributed by atoms with E-state index in [1.165, 1.54) is 6.92 Å². The summed E-state index contributed by atoms with van der Waals surface area (Å²) in [7, 11) is 0. The summed E-state index contributed by atoms with van der Waals surface area (Å²) in [4.78, 5) is 48.8. The quantitative estimate of drug-likeness (QED) is 0.708. The number of nitrogens with zero attached hydrogens (tertiary/aromatic N) is 1. The van der Waals surface area contributed by atoms with Gasteiger partial charge in [0.1, 0.15) is 0 Å². The Morgan fingerprint density at radius 2 is 1.46 bits per heavy atom. The molecule has 4 amide bonds. The van der Waals surface area contributed by atoms with Crippen molar-refractivity contribution in [3.05, 3.63) is 48.5 Å². The van der Waals surface area contributed by atoms with Gasteiger partial charge in [-0.1, -0.05) is 6.07 Å². The van der Waals surface area contributed by atoms with E-state index in [0.717, 1.165) is 6.42 Å². The Bertz CT molecular complexity index is 924. The van der Waals surface area contributed by atoms with Crippen molar-refractivity contribution in [1.82, 2.24) is 0 Å². The minimum absolute atomic E-state index is 0.0453. The van der Waals surface area contributed by atoms with Crippen LogP contribution in [0.5, 0.6) is 0 Å². The molecule has 0 bridgehead atoms. The molecule has 1 saturated heterocycles. The van der Waals surface area contributed by atoms with Gasteiger partial charge in [0.25, 0.3) is 0 Å². The molecule has 0 aromatic heterocycles. The van der Waals surface area contributed by atoms with E-state index in [1.807, 2.05) is 0 Å². The molecule has 3 N–H and O–H groups in total. The molecule has 0 spiro atoms. The molecule has 8 nitrogen and oxygen atoms in total. The number of carbonyl (C=O) groups excluding carboxylic acids is 4. The van der Waals surface area contributed by atoms with Gasteiger partial charge in [0.15, 0.2) is 0 Å². The SMILES string of the molecule is CC(=O)Nc1ccc(NC(=O)C(=O)Nc2cccc(N3CCCC3=O)c2)cc1. The van der Waals surface area contributed by atoms with Crippen molar-refractivity contribution >= 4 is 46.4 Å². The van der Waals surface area contributed by atoms with E-state index in [2.05, 4.69) is 16.0 Å². The molecular weight excluding hydrogens is 360 g/mol. The molecule has 1 heterocycles. The lowest BCUT2D eigenvalue weighted by molar-refractivity contribution is -0.132. The van der Waals surface area contributed by atoms with Crippen molar-refractivity contribution in [2.45, 2.75) is 19.8 Å². The zero-order chi connectivity index (χ0) is 20.1. The van der Waals surface area contributed by atoms with Crippen LogP contribution in [0.1, 0.15) is 19.8 Å². The molecule has 0 radical (unpaired) electrons. The maximum Gasteiger partial charge on any atom is 0.314 e. The van der Waals surface area contributed by atoms with Crippen molar-refractivity contribution in [3.8, 4) is 0 Å². The molecule has 144 valence electrons. The van der Waals surface area contributed by atoms with E-state index in [4.69, 9.17) is 0 Å². The summed E-state index contributed by atoms with van der Waals surface area (Å²) in [5.74, 6) is -1.80. The van der Waals surface area contributed by atoms with Gasteiger partial charge in [-0.05, 0) is 48.9 Å². The number of amides is 4. The first-order valence-electron chi connectivity index (χ1n) is 8.83. The van der Waals surface area contributed by atoms with Gasteiger partial charge in [0.05, 0.1) is 0 Å². The van der Waals surface area contributed by atoms with Gasteiger partial charge in [-0.25, -0.2) is 0 Å². The normalized spacial score (nSPS) is 13.2. The molecule has 1 fully saturated rings. The Morgan fingerprint density at radius 3 is 2.04 bits per heavy atom. The van der Waals surface area contributed by atoms with E-state index in [9.17, 15) is 19.2 Å². The van der Waals surface area contributed by atoms with E-state index in [1.54, 1.807) is 53.4 Å². The maximum atomic E-state index is 12.2. The van der Waals surface area contributed by atoms with Gasteiger partial charge in [0.2, 0.25) is 11.8 Å². The summed E-state index contributed by atoms with van der Waals surface area (Å²) in [6, 6.07) is 13.2. The molecule has 0 atom stereocenters. The number of anilines is 4. The lowest BCUT2D eigenvalue weighted by Crippen LogP contribution is -2.29. The van der Waals surface area contributed by atoms with Crippen LogP contribution in [0.25, 0.3) is 0 Å². The largest absolute Gasteiger partial charge is 0.326 e. The van der Waals surface area contributed by atoms with Crippen molar-refractivity contribution < 1.29 is 19.2 Å². The summed E-state index contributed by atoms with van der Waals surface area (Å²) in [6.45, 7) is 2.04. The molecule has 2 aromatic rings. The lowest BCUT2D eigenvalue weighted by atomic mass is 10.2. The van der Waals surface area contributed by atoms with Crippen LogP contribution in [0, 0.1) is 0 Å². The summed E-state index contributed by atoms with van der Waals surface area (Å²) in [6.07, 6.45) is 1.32. The van der Waals surface area contributed by atoms with E-state index >= 15 is 0 Å². The van der Waals surface area contributed by atoms with Crippen LogP contribution in [0.2, 0.25) is 0 Å². The van der Waals surface area contributed by atoms with Crippen LogP contribution in [-0.2, 0) is 19.2 Å². The summed E-state index contributed by atoms with van der Waals surface area (Å²) >= 11 is 0. The number of carbonyl (C=O) groups is 4. The van der Waals surface area contributed by atoms with Crippen LogP contribution in [-0.4, -0.2) is 30.2 Å². The third-order valence-corrected chi connectivity index (χ3v) is 4.16. The maximum absolute atomic E-state index is 12.2. The topological polar surface area (TPSA) is 108 Å². The fraction of sp³-hybridized carbons (Fsp3) is 0.200. The average Bonchev–Trinajstić information content (AvgIpc) is 3.09. The minimum atomic E-state index is -0.824. The van der Waals surface area contributed by atoms with E-state index in [0.29, 0.717) is 35.7 Å². The fourth-order valence-corrected chi connectivity index (χ4v) is 2.89. The molecule has 1 aliphatic heterocycles. The highest BCUT2D eigenvalue weighted by Crippen LogP contribution is 2.24. The molecule has 1 aliphatic rings. The van der Waals surface area contributed by atoms with Crippen molar-refractivity contribution in [2.24, 2.45) is 0 Å². The first-order valence-corrected chi connectivity index (χ1v) is 8.83. The second kappa shape index (κ2) is 8.34. The van der Waals surface area contributed by atoms with Gasteiger partial charge in [-0.15, -0.1) is 0 Å². The zero-order valence-corrected chi connectivity index (χ0v) is 15.3. The highest BCUT2D eigenvalue weighted by molar-refractivity contribution is 6.43. The predicted molar refractivity (Wildman–Crippen MR) is 106 cm³/mol. The van der Waals surface area contributed by atoms with Crippen molar-refractivity contribution in [3.63, 3.8) is 0 Å². The molecule has 8 heteroatoms. The number of rotatable bonds is 4. The summed E-state index contributed by atoms with van der Waals surface area (Å²) < 4.78 is 0. The molecule has 3 rings (SSSR count). The first-order chi connectivity index (χ1) is 13.4. The van der Waals surface area contributed by atoms with Crippen molar-refractivity contribution in [2.75, 3.05) is 27.4 Å². The molecule has 2 aromatic carbocycles. The van der Waals surface area contributed by atoms with Gasteiger partial charge in [0, 0.05) is 42.6 Å². The van der Waals surface area contributed by atoms with E-state index in [-0.39, 0.29) is 11.8 Å². The highest BCUT2D eigenvalue weighted by atomic mass is 16.2. The zero-order valence-electron chi connectivity index (χ0n) is 15.3. The molecular formula is C20H20N4O4. The van der Waals surface area contributed by atoms with Gasteiger partial charge in [-0.2, -0.15) is 0 Å². The van der Waals surface area contributed by atoms with Crippen molar-refractivity contribution in [1.29, 1.82) is 0 Å². The standard InChI is InChI=1S/C20H20N4O4/c1-13(25)21-14-7-9-15(10-8-14)22-19(27)20(28)23-16-4-2-5-17(12-16)24-11-3-6-18(24)26/h2,4-5,7-10,12H,3,6,11H2,1H3,(H,21,25)(H,22,27)(H,23,28). The fourth-order valence-electron chi connectivity index (χ4n) is 2.89. The molecule has 0 aliphatic carbocycles. The first kappa shape index (κ1) is 19.1. The van der Waals surface area contributed by atoms with Crippen LogP contribution in [0.3, 0.4) is 0 Å². The average molecular weight is 380 g/mol. The summed E-state index contributed by atoms with van der Waals surface area (Å²) in [5, 5.41) is 7.64. The number of nitrogens with one attached hydrogen (secondary N) is 3. The molecule has 28 heavy (non-hydrogen) atoms. The summed E-state index contributed by atoms with van der Waals surface area (Å²) in [5.41, 5.74) is 2.13. The Labute approximate surface area is 161 Å². The number of hydrogen-bond acceptors (Lipinski definition) is 4. The van der Waals surface area contributed by atoms with Gasteiger partial charge in [-0.3, -0.25) is 19.2 Å². The molecule has 0 saturated carbocycles. The van der Waals surface area contributed by atoms with Crippen LogP contribution < -0.4 is 20.9 Å². The third-order valence-electron chi connectivity index (χ3n) is 4.16. The monoisotopic (exact) mass is 380 g/mol. The number of benzene rings is 2. The smallest absolute Gasteiger partial charge is 0.314 e. The predicted octanol–water partition coefficient (Wildman–Crippen LogP) is 2.35. The Morgan fingerprint density at radius 1 is 0.857 bits per heavy atom. The van der Waals surface area contributed by atoms with Crippen LogP contribution in [0.15, 0.2) is 48.5 Å². The Hall–Kier alpha value is -3.68.